The average Bonchev–Trinajstić information content (AvgIpc) is 2.87. The Hall–Kier alpha value is -2.25. The van der Waals surface area contributed by atoms with Crippen LogP contribution in [0, 0.1) is 6.92 Å². The van der Waals surface area contributed by atoms with Crippen LogP contribution >= 0.6 is 0 Å². The van der Waals surface area contributed by atoms with E-state index in [1.165, 1.54) is 0 Å². The minimum atomic E-state index is -0.433. The second kappa shape index (κ2) is 4.09. The lowest BCUT2D eigenvalue weighted by Gasteiger charge is -2.07. The van der Waals surface area contributed by atoms with Crippen molar-refractivity contribution in [1.82, 2.24) is 30.9 Å². The molecule has 0 bridgehead atoms. The van der Waals surface area contributed by atoms with Gasteiger partial charge in [-0.25, -0.2) is 4.98 Å². The number of aromatic amines is 1. The normalized spacial score (nSPS) is 12.4. The molecule has 8 heteroatoms. The molecular formula is C8H10N6O2. The van der Waals surface area contributed by atoms with Gasteiger partial charge < -0.3 is 9.73 Å². The first kappa shape index (κ1) is 10.3. The minimum Gasteiger partial charge on any atom is -0.444 e. The van der Waals surface area contributed by atoms with Gasteiger partial charge in [-0.2, -0.15) is 5.21 Å². The van der Waals surface area contributed by atoms with Crippen molar-refractivity contribution >= 4 is 5.91 Å². The third-order valence-electron chi connectivity index (χ3n) is 1.91. The van der Waals surface area contributed by atoms with Crippen LogP contribution in [0.25, 0.3) is 0 Å². The maximum absolute atomic E-state index is 11.5. The highest BCUT2D eigenvalue weighted by Crippen LogP contribution is 2.11. The number of carbonyl (C=O) groups is 1. The second-order valence-corrected chi connectivity index (χ2v) is 3.24. The maximum Gasteiger partial charge on any atom is 0.293 e. The number of hydrogen-bond donors (Lipinski definition) is 2. The highest BCUT2D eigenvalue weighted by Gasteiger charge is 2.17. The van der Waals surface area contributed by atoms with Crippen LogP contribution in [0.4, 0.5) is 0 Å². The molecule has 2 rings (SSSR count). The summed E-state index contributed by atoms with van der Waals surface area (Å²) in [5.41, 5.74) is 0. The Morgan fingerprint density at radius 2 is 2.44 bits per heavy atom. The molecule has 0 spiro atoms. The average molecular weight is 222 g/mol. The van der Waals surface area contributed by atoms with Crippen LogP contribution in [0.3, 0.4) is 0 Å². The molecule has 1 amide bonds. The number of nitrogens with one attached hydrogen (secondary N) is 2. The summed E-state index contributed by atoms with van der Waals surface area (Å²) in [6, 6.07) is -0.348. The van der Waals surface area contributed by atoms with E-state index in [-0.39, 0.29) is 11.9 Å². The SMILES string of the molecule is Cc1cnc(C(C)NC(=O)c2nn[nH]n2)o1. The number of tetrazole rings is 1. The zero-order valence-electron chi connectivity index (χ0n) is 8.76. The highest BCUT2D eigenvalue weighted by atomic mass is 16.4. The van der Waals surface area contributed by atoms with Gasteiger partial charge in [-0.3, -0.25) is 4.79 Å². The molecule has 84 valence electrons. The van der Waals surface area contributed by atoms with Gasteiger partial charge >= 0.3 is 0 Å². The smallest absolute Gasteiger partial charge is 0.293 e. The first-order valence-electron chi connectivity index (χ1n) is 4.63. The Balaban J connectivity index is 2.03. The molecule has 2 N–H and O–H groups in total. The first-order chi connectivity index (χ1) is 7.66. The van der Waals surface area contributed by atoms with Crippen LogP contribution in [-0.2, 0) is 0 Å². The number of amides is 1. The lowest BCUT2D eigenvalue weighted by molar-refractivity contribution is 0.0923. The Labute approximate surface area is 90.4 Å². The van der Waals surface area contributed by atoms with Gasteiger partial charge in [0.15, 0.2) is 0 Å². The predicted octanol–water partition coefficient (Wildman–Crippen LogP) is -0.0129. The van der Waals surface area contributed by atoms with Crippen LogP contribution in [0.1, 0.15) is 35.2 Å². The van der Waals surface area contributed by atoms with Gasteiger partial charge in [0.25, 0.3) is 11.7 Å². The molecule has 16 heavy (non-hydrogen) atoms. The summed E-state index contributed by atoms with van der Waals surface area (Å²) in [4.78, 5) is 15.5. The maximum atomic E-state index is 11.5. The standard InChI is InChI=1S/C8H10N6O2/c1-4-3-9-8(16-4)5(2)10-7(15)6-11-13-14-12-6/h3,5H,1-2H3,(H,10,15)(H,11,12,13,14). The number of H-pyrrole nitrogens is 1. The molecular weight excluding hydrogens is 212 g/mol. The number of nitrogens with zero attached hydrogens (tertiary/aromatic N) is 4. The molecule has 0 aliphatic heterocycles. The van der Waals surface area contributed by atoms with Crippen LogP contribution in [-0.4, -0.2) is 31.5 Å². The fourth-order valence-electron chi connectivity index (χ4n) is 1.15. The minimum absolute atomic E-state index is 0.0184. The molecule has 0 saturated carbocycles. The number of aromatic nitrogens is 5. The highest BCUT2D eigenvalue weighted by molar-refractivity contribution is 5.90. The molecule has 0 aliphatic rings. The van der Waals surface area contributed by atoms with Crippen molar-refractivity contribution in [1.29, 1.82) is 0 Å². The zero-order valence-corrected chi connectivity index (χ0v) is 8.76. The number of carbonyl (C=O) groups excluding carboxylic acids is 1. The van der Waals surface area contributed by atoms with Gasteiger partial charge in [-0.15, -0.1) is 10.2 Å². The van der Waals surface area contributed by atoms with E-state index < -0.39 is 5.91 Å². The Morgan fingerprint density at radius 1 is 1.62 bits per heavy atom. The lowest BCUT2D eigenvalue weighted by Crippen LogP contribution is -2.27. The summed E-state index contributed by atoms with van der Waals surface area (Å²) in [5, 5.41) is 15.2. The van der Waals surface area contributed by atoms with Gasteiger partial charge in [-0.1, -0.05) is 0 Å². The molecule has 0 saturated heterocycles. The van der Waals surface area contributed by atoms with Gasteiger partial charge in [0.1, 0.15) is 11.8 Å². The Bertz CT molecular complexity index is 476. The lowest BCUT2D eigenvalue weighted by atomic mass is 10.3. The van der Waals surface area contributed by atoms with Crippen molar-refractivity contribution in [2.45, 2.75) is 19.9 Å². The topological polar surface area (TPSA) is 110 Å². The number of hydrogen-bond acceptors (Lipinski definition) is 6. The Kier molecular flexibility index (Phi) is 2.63. The van der Waals surface area contributed by atoms with Crippen LogP contribution in [0.2, 0.25) is 0 Å². The van der Waals surface area contributed by atoms with E-state index in [1.807, 2.05) is 0 Å². The molecule has 0 aliphatic carbocycles. The predicted molar refractivity (Wildman–Crippen MR) is 51.3 cm³/mol. The van der Waals surface area contributed by atoms with E-state index in [2.05, 4.69) is 30.9 Å². The summed E-state index contributed by atoms with van der Waals surface area (Å²) in [5.74, 6) is 0.678. The fraction of sp³-hybridized carbons (Fsp3) is 0.375. The van der Waals surface area contributed by atoms with Crippen molar-refractivity contribution in [3.05, 3.63) is 23.7 Å². The molecule has 0 aromatic carbocycles. The molecule has 2 aromatic heterocycles. The van der Waals surface area contributed by atoms with E-state index in [1.54, 1.807) is 20.0 Å². The van der Waals surface area contributed by atoms with E-state index in [9.17, 15) is 4.79 Å². The zero-order chi connectivity index (χ0) is 11.5. The second-order valence-electron chi connectivity index (χ2n) is 3.24. The van der Waals surface area contributed by atoms with Crippen molar-refractivity contribution in [2.24, 2.45) is 0 Å². The van der Waals surface area contributed by atoms with E-state index in [0.29, 0.717) is 11.7 Å². The molecule has 1 atom stereocenters. The third kappa shape index (κ3) is 2.05. The van der Waals surface area contributed by atoms with Crippen LogP contribution in [0.5, 0.6) is 0 Å². The fourth-order valence-corrected chi connectivity index (χ4v) is 1.15. The van der Waals surface area contributed by atoms with E-state index in [4.69, 9.17) is 4.42 Å². The van der Waals surface area contributed by atoms with Gasteiger partial charge in [-0.05, 0) is 19.1 Å². The van der Waals surface area contributed by atoms with Crippen molar-refractivity contribution in [2.75, 3.05) is 0 Å². The molecule has 1 unspecified atom stereocenters. The van der Waals surface area contributed by atoms with E-state index in [0.717, 1.165) is 0 Å². The van der Waals surface area contributed by atoms with Gasteiger partial charge in [0, 0.05) is 0 Å². The molecule has 2 aromatic rings. The quantitative estimate of drug-likeness (QED) is 0.755. The largest absolute Gasteiger partial charge is 0.444 e. The van der Waals surface area contributed by atoms with Crippen LogP contribution < -0.4 is 5.32 Å². The molecule has 0 fully saturated rings. The summed E-state index contributed by atoms with van der Waals surface area (Å²) in [6.07, 6.45) is 1.59. The van der Waals surface area contributed by atoms with E-state index >= 15 is 0 Å². The summed E-state index contributed by atoms with van der Waals surface area (Å²) < 4.78 is 5.27. The van der Waals surface area contributed by atoms with Crippen LogP contribution in [0.15, 0.2) is 10.6 Å². The number of rotatable bonds is 3. The summed E-state index contributed by atoms with van der Waals surface area (Å²) >= 11 is 0. The number of aryl methyl sites for hydroxylation is 1. The molecule has 8 nitrogen and oxygen atoms in total. The Morgan fingerprint density at radius 3 is 3.00 bits per heavy atom. The van der Waals surface area contributed by atoms with Gasteiger partial charge in [0.05, 0.1) is 6.20 Å². The van der Waals surface area contributed by atoms with Crippen molar-refractivity contribution in [3.63, 3.8) is 0 Å². The molecule has 0 radical (unpaired) electrons. The van der Waals surface area contributed by atoms with Gasteiger partial charge in [0.2, 0.25) is 5.89 Å². The molecule has 2 heterocycles. The van der Waals surface area contributed by atoms with Crippen molar-refractivity contribution < 1.29 is 9.21 Å². The summed E-state index contributed by atoms with van der Waals surface area (Å²) in [7, 11) is 0. The monoisotopic (exact) mass is 222 g/mol. The first-order valence-corrected chi connectivity index (χ1v) is 4.63. The van der Waals surface area contributed by atoms with Crippen molar-refractivity contribution in [3.8, 4) is 0 Å². The summed E-state index contributed by atoms with van der Waals surface area (Å²) in [6.45, 7) is 3.54. The third-order valence-corrected chi connectivity index (χ3v) is 1.91. The number of oxazole rings is 1.